The van der Waals surface area contributed by atoms with Crippen LogP contribution in [0.1, 0.15) is 12.8 Å². The van der Waals surface area contributed by atoms with Crippen molar-refractivity contribution in [2.45, 2.75) is 25.0 Å². The molecule has 1 saturated heterocycles. The standard InChI is InChI=1S/C11H15FO3/c1-14-10-5-4-9(12)8-3-2-7(6-13)15-11(8)10/h4-5,7-8,11,13H,2-3,6H2,1H3. The lowest BCUT2D eigenvalue weighted by atomic mass is 9.86. The van der Waals surface area contributed by atoms with E-state index in [-0.39, 0.29) is 30.6 Å². The van der Waals surface area contributed by atoms with Gasteiger partial charge in [-0.15, -0.1) is 0 Å². The Labute approximate surface area is 88.2 Å². The van der Waals surface area contributed by atoms with Crippen LogP contribution in [0, 0.1) is 5.92 Å². The van der Waals surface area contributed by atoms with Crippen LogP contribution in [0.5, 0.6) is 0 Å². The number of fused-ring (bicyclic) bond motifs is 1. The van der Waals surface area contributed by atoms with Crippen molar-refractivity contribution in [1.82, 2.24) is 0 Å². The Kier molecular flexibility index (Phi) is 3.07. The third-order valence-corrected chi connectivity index (χ3v) is 2.98. The topological polar surface area (TPSA) is 38.7 Å². The van der Waals surface area contributed by atoms with Crippen molar-refractivity contribution in [3.8, 4) is 0 Å². The van der Waals surface area contributed by atoms with E-state index in [0.29, 0.717) is 18.6 Å². The fourth-order valence-electron chi connectivity index (χ4n) is 2.13. The highest BCUT2D eigenvalue weighted by Crippen LogP contribution is 2.37. The molecule has 1 aliphatic carbocycles. The SMILES string of the molecule is COC1=CC=C(F)C2CCC(CO)OC12. The summed E-state index contributed by atoms with van der Waals surface area (Å²) in [5.74, 6) is 0.240. The van der Waals surface area contributed by atoms with Crippen molar-refractivity contribution in [2.24, 2.45) is 5.92 Å². The monoisotopic (exact) mass is 214 g/mol. The molecule has 0 aromatic carbocycles. The summed E-state index contributed by atoms with van der Waals surface area (Å²) in [6, 6.07) is 0. The number of aliphatic hydroxyl groups excluding tert-OH is 1. The number of ether oxygens (including phenoxy) is 2. The van der Waals surface area contributed by atoms with Gasteiger partial charge in [0.05, 0.1) is 19.8 Å². The number of methoxy groups -OCH3 is 1. The van der Waals surface area contributed by atoms with Gasteiger partial charge in [0, 0.05) is 5.92 Å². The van der Waals surface area contributed by atoms with Gasteiger partial charge in [-0.3, -0.25) is 0 Å². The van der Waals surface area contributed by atoms with Crippen LogP contribution in [0.4, 0.5) is 4.39 Å². The lowest BCUT2D eigenvalue weighted by Gasteiger charge is -2.37. The summed E-state index contributed by atoms with van der Waals surface area (Å²) in [6.45, 7) is -0.0223. The maximum atomic E-state index is 13.5. The summed E-state index contributed by atoms with van der Waals surface area (Å²) in [5.41, 5.74) is 0. The highest BCUT2D eigenvalue weighted by Gasteiger charge is 2.38. The van der Waals surface area contributed by atoms with E-state index in [9.17, 15) is 4.39 Å². The van der Waals surface area contributed by atoms with Crippen LogP contribution in [-0.2, 0) is 9.47 Å². The third-order valence-electron chi connectivity index (χ3n) is 2.98. The second kappa shape index (κ2) is 4.33. The van der Waals surface area contributed by atoms with Gasteiger partial charge in [0.25, 0.3) is 0 Å². The van der Waals surface area contributed by atoms with E-state index in [4.69, 9.17) is 14.6 Å². The first-order chi connectivity index (χ1) is 7.26. The van der Waals surface area contributed by atoms with Crippen LogP contribution in [0.2, 0.25) is 0 Å². The summed E-state index contributed by atoms with van der Waals surface area (Å²) in [5, 5.41) is 9.01. The molecular formula is C11H15FO3. The Balaban J connectivity index is 2.17. The van der Waals surface area contributed by atoms with Crippen molar-refractivity contribution in [1.29, 1.82) is 0 Å². The molecular weight excluding hydrogens is 199 g/mol. The van der Waals surface area contributed by atoms with Gasteiger partial charge in [-0.05, 0) is 25.0 Å². The zero-order valence-electron chi connectivity index (χ0n) is 8.65. The molecule has 2 aliphatic rings. The number of hydrogen-bond acceptors (Lipinski definition) is 3. The van der Waals surface area contributed by atoms with Crippen LogP contribution in [-0.4, -0.2) is 31.0 Å². The molecule has 3 nitrogen and oxygen atoms in total. The molecule has 3 atom stereocenters. The second-order valence-electron chi connectivity index (χ2n) is 3.87. The Morgan fingerprint density at radius 1 is 1.53 bits per heavy atom. The average molecular weight is 214 g/mol. The largest absolute Gasteiger partial charge is 0.498 e. The zero-order chi connectivity index (χ0) is 10.8. The molecule has 1 N–H and O–H groups in total. The normalized spacial score (nSPS) is 35.3. The third kappa shape index (κ3) is 1.92. The highest BCUT2D eigenvalue weighted by atomic mass is 19.1. The molecule has 3 unspecified atom stereocenters. The lowest BCUT2D eigenvalue weighted by molar-refractivity contribution is -0.0974. The highest BCUT2D eigenvalue weighted by molar-refractivity contribution is 5.25. The van der Waals surface area contributed by atoms with Crippen LogP contribution in [0.25, 0.3) is 0 Å². The number of allylic oxidation sites excluding steroid dienone is 2. The lowest BCUT2D eigenvalue weighted by Crippen LogP contribution is -2.39. The summed E-state index contributed by atoms with van der Waals surface area (Å²) < 4.78 is 24.2. The Bertz CT molecular complexity index is 298. The number of hydrogen-bond donors (Lipinski definition) is 1. The van der Waals surface area contributed by atoms with E-state index in [1.807, 2.05) is 0 Å². The van der Waals surface area contributed by atoms with E-state index in [1.54, 1.807) is 13.2 Å². The van der Waals surface area contributed by atoms with Crippen molar-refractivity contribution < 1.29 is 19.0 Å². The molecule has 4 heteroatoms. The Morgan fingerprint density at radius 3 is 3.00 bits per heavy atom. The summed E-state index contributed by atoms with van der Waals surface area (Å²) >= 11 is 0. The fourth-order valence-corrected chi connectivity index (χ4v) is 2.13. The molecule has 0 amide bonds. The molecule has 0 bridgehead atoms. The average Bonchev–Trinajstić information content (AvgIpc) is 2.29. The summed E-state index contributed by atoms with van der Waals surface area (Å²) in [7, 11) is 1.55. The maximum Gasteiger partial charge on any atom is 0.125 e. The van der Waals surface area contributed by atoms with Gasteiger partial charge < -0.3 is 14.6 Å². The minimum Gasteiger partial charge on any atom is -0.498 e. The van der Waals surface area contributed by atoms with Gasteiger partial charge >= 0.3 is 0 Å². The minimum absolute atomic E-state index is 0.0223. The first-order valence-corrected chi connectivity index (χ1v) is 5.14. The van der Waals surface area contributed by atoms with Gasteiger partial charge in [-0.2, -0.15) is 0 Å². The van der Waals surface area contributed by atoms with E-state index in [0.717, 1.165) is 0 Å². The first-order valence-electron chi connectivity index (χ1n) is 5.14. The smallest absolute Gasteiger partial charge is 0.125 e. The van der Waals surface area contributed by atoms with Crippen molar-refractivity contribution >= 4 is 0 Å². The first kappa shape index (κ1) is 10.6. The van der Waals surface area contributed by atoms with Crippen molar-refractivity contribution in [2.75, 3.05) is 13.7 Å². The van der Waals surface area contributed by atoms with Crippen LogP contribution in [0.3, 0.4) is 0 Å². The van der Waals surface area contributed by atoms with E-state index in [1.165, 1.54) is 6.08 Å². The van der Waals surface area contributed by atoms with E-state index >= 15 is 0 Å². The van der Waals surface area contributed by atoms with Crippen LogP contribution in [0.15, 0.2) is 23.7 Å². The molecule has 0 aromatic rings. The molecule has 0 spiro atoms. The quantitative estimate of drug-likeness (QED) is 0.757. The molecule has 1 fully saturated rings. The predicted molar refractivity (Wildman–Crippen MR) is 52.8 cm³/mol. The molecule has 1 heterocycles. The van der Waals surface area contributed by atoms with E-state index < -0.39 is 0 Å². The van der Waals surface area contributed by atoms with Gasteiger partial charge in [-0.25, -0.2) is 4.39 Å². The molecule has 1 aliphatic heterocycles. The molecule has 0 saturated carbocycles. The fraction of sp³-hybridized carbons (Fsp3) is 0.636. The summed E-state index contributed by atoms with van der Waals surface area (Å²) in [4.78, 5) is 0. The molecule has 0 aromatic heterocycles. The molecule has 84 valence electrons. The van der Waals surface area contributed by atoms with Crippen molar-refractivity contribution in [3.63, 3.8) is 0 Å². The number of rotatable bonds is 2. The maximum absolute atomic E-state index is 13.5. The van der Waals surface area contributed by atoms with E-state index in [2.05, 4.69) is 0 Å². The summed E-state index contributed by atoms with van der Waals surface area (Å²) in [6.07, 6.45) is 3.84. The second-order valence-corrected chi connectivity index (χ2v) is 3.87. The van der Waals surface area contributed by atoms with Gasteiger partial charge in [-0.1, -0.05) is 0 Å². The van der Waals surface area contributed by atoms with Gasteiger partial charge in [0.1, 0.15) is 17.7 Å². The molecule has 0 radical (unpaired) electrons. The minimum atomic E-state index is -0.370. The van der Waals surface area contributed by atoms with Crippen molar-refractivity contribution in [3.05, 3.63) is 23.7 Å². The van der Waals surface area contributed by atoms with Gasteiger partial charge in [0.2, 0.25) is 0 Å². The van der Waals surface area contributed by atoms with Crippen LogP contribution >= 0.6 is 0 Å². The van der Waals surface area contributed by atoms with Gasteiger partial charge in [0.15, 0.2) is 0 Å². The molecule has 2 rings (SSSR count). The Morgan fingerprint density at radius 2 is 2.33 bits per heavy atom. The van der Waals surface area contributed by atoms with Crippen LogP contribution < -0.4 is 0 Å². The number of halogens is 1. The Hall–Kier alpha value is -0.870. The zero-order valence-corrected chi connectivity index (χ0v) is 8.65. The predicted octanol–water partition coefficient (Wildman–Crippen LogP) is 1.54. The number of aliphatic hydroxyl groups is 1. The molecule has 15 heavy (non-hydrogen) atoms.